The first-order chi connectivity index (χ1) is 8.83. The van der Waals surface area contributed by atoms with Crippen molar-refractivity contribution in [3.05, 3.63) is 35.9 Å². The number of aromatic amines is 1. The summed E-state index contributed by atoms with van der Waals surface area (Å²) in [6, 6.07) is 5.39. The lowest BCUT2D eigenvalue weighted by Gasteiger charge is -2.10. The second-order valence-electron chi connectivity index (χ2n) is 4.22. The molecular weight excluding hydrogens is 232 g/mol. The van der Waals surface area contributed by atoms with Gasteiger partial charge in [-0.05, 0) is 12.1 Å². The van der Waals surface area contributed by atoms with Crippen molar-refractivity contribution in [1.82, 2.24) is 20.5 Å². The van der Waals surface area contributed by atoms with Crippen LogP contribution < -0.4 is 10.1 Å². The van der Waals surface area contributed by atoms with Gasteiger partial charge in [-0.2, -0.15) is 5.10 Å². The normalized spacial score (nSPS) is 17.4. The Kier molecular flexibility index (Phi) is 2.85. The summed E-state index contributed by atoms with van der Waals surface area (Å²) in [5.74, 6) is 1.86. The van der Waals surface area contributed by atoms with Gasteiger partial charge in [0.25, 0.3) is 0 Å². The smallest absolute Gasteiger partial charge is 0.137 e. The number of aromatic nitrogens is 3. The van der Waals surface area contributed by atoms with Crippen LogP contribution in [0.5, 0.6) is 11.5 Å². The van der Waals surface area contributed by atoms with Crippen molar-refractivity contribution < 1.29 is 9.84 Å². The molecule has 2 aromatic rings. The molecule has 0 saturated carbocycles. The fourth-order valence-electron chi connectivity index (χ4n) is 2.08. The summed E-state index contributed by atoms with van der Waals surface area (Å²) in [5, 5.41) is 19.4. The summed E-state index contributed by atoms with van der Waals surface area (Å²) in [4.78, 5) is 4.07. The minimum Gasteiger partial charge on any atom is -0.508 e. The molecule has 2 heterocycles. The van der Waals surface area contributed by atoms with Gasteiger partial charge in [0.15, 0.2) is 0 Å². The van der Waals surface area contributed by atoms with E-state index in [0.717, 1.165) is 30.1 Å². The summed E-state index contributed by atoms with van der Waals surface area (Å²) >= 11 is 0. The number of nitrogens with zero attached hydrogens (tertiary/aromatic N) is 2. The Morgan fingerprint density at radius 3 is 3.28 bits per heavy atom. The van der Waals surface area contributed by atoms with E-state index >= 15 is 0 Å². The number of H-pyrrole nitrogens is 1. The molecule has 94 valence electrons. The van der Waals surface area contributed by atoms with Crippen molar-refractivity contribution in [3.63, 3.8) is 0 Å². The zero-order valence-electron chi connectivity index (χ0n) is 9.76. The van der Waals surface area contributed by atoms with Crippen LogP contribution in [0.25, 0.3) is 0 Å². The number of hydrogen-bond donors (Lipinski definition) is 3. The van der Waals surface area contributed by atoms with Gasteiger partial charge in [0, 0.05) is 24.6 Å². The van der Waals surface area contributed by atoms with Gasteiger partial charge in [-0.25, -0.2) is 4.98 Å². The van der Waals surface area contributed by atoms with Gasteiger partial charge in [-0.3, -0.25) is 5.10 Å². The summed E-state index contributed by atoms with van der Waals surface area (Å²) in [5.41, 5.74) is 1.09. The maximum Gasteiger partial charge on any atom is 0.137 e. The highest BCUT2D eigenvalue weighted by molar-refractivity contribution is 5.44. The lowest BCUT2D eigenvalue weighted by molar-refractivity contribution is 0.311. The van der Waals surface area contributed by atoms with Gasteiger partial charge in [-0.15, -0.1) is 0 Å². The molecule has 1 unspecified atom stereocenters. The lowest BCUT2D eigenvalue weighted by Crippen LogP contribution is -2.25. The average molecular weight is 246 g/mol. The standard InChI is InChI=1S/C12H14N4O2/c17-8-1-2-9-10(6-18-11(9)5-8)13-4-3-12-14-7-15-16-12/h1-2,5,7,10,13,17H,3-4,6H2,(H,14,15,16). The van der Waals surface area contributed by atoms with Gasteiger partial charge in [0.2, 0.25) is 0 Å². The molecule has 1 aliphatic heterocycles. The fourth-order valence-corrected chi connectivity index (χ4v) is 2.08. The molecule has 3 rings (SSSR count). The maximum absolute atomic E-state index is 9.36. The molecule has 0 amide bonds. The Bertz CT molecular complexity index is 527. The molecule has 1 aliphatic rings. The molecule has 1 atom stereocenters. The average Bonchev–Trinajstić information content (AvgIpc) is 2.99. The molecule has 18 heavy (non-hydrogen) atoms. The van der Waals surface area contributed by atoms with Crippen LogP contribution in [0.4, 0.5) is 0 Å². The second-order valence-corrected chi connectivity index (χ2v) is 4.22. The summed E-state index contributed by atoms with van der Waals surface area (Å²) in [6.45, 7) is 1.39. The molecule has 1 aromatic heterocycles. The van der Waals surface area contributed by atoms with Crippen LogP contribution in [-0.2, 0) is 6.42 Å². The van der Waals surface area contributed by atoms with Crippen LogP contribution in [-0.4, -0.2) is 33.4 Å². The number of phenols is 1. The van der Waals surface area contributed by atoms with Crippen molar-refractivity contribution in [3.8, 4) is 11.5 Å². The Hall–Kier alpha value is -2.08. The number of aromatic hydroxyl groups is 1. The van der Waals surface area contributed by atoms with Gasteiger partial charge < -0.3 is 15.2 Å². The molecule has 1 aromatic carbocycles. The zero-order chi connectivity index (χ0) is 12.4. The number of rotatable bonds is 4. The first-order valence-corrected chi connectivity index (χ1v) is 5.86. The topological polar surface area (TPSA) is 83.1 Å². The van der Waals surface area contributed by atoms with E-state index in [-0.39, 0.29) is 11.8 Å². The van der Waals surface area contributed by atoms with E-state index in [1.165, 1.54) is 6.33 Å². The van der Waals surface area contributed by atoms with Crippen molar-refractivity contribution >= 4 is 0 Å². The van der Waals surface area contributed by atoms with Crippen LogP contribution in [0.1, 0.15) is 17.4 Å². The highest BCUT2D eigenvalue weighted by atomic mass is 16.5. The van der Waals surface area contributed by atoms with Crippen LogP contribution >= 0.6 is 0 Å². The second kappa shape index (κ2) is 4.66. The number of hydrogen-bond acceptors (Lipinski definition) is 5. The highest BCUT2D eigenvalue weighted by Crippen LogP contribution is 2.34. The molecule has 0 bridgehead atoms. The third-order valence-corrected chi connectivity index (χ3v) is 3.00. The molecular formula is C12H14N4O2. The lowest BCUT2D eigenvalue weighted by atomic mass is 10.1. The molecule has 0 aliphatic carbocycles. The maximum atomic E-state index is 9.36. The van der Waals surface area contributed by atoms with Crippen molar-refractivity contribution in [2.45, 2.75) is 12.5 Å². The molecule has 3 N–H and O–H groups in total. The van der Waals surface area contributed by atoms with E-state index in [4.69, 9.17) is 4.74 Å². The Balaban J connectivity index is 1.59. The molecule has 0 saturated heterocycles. The van der Waals surface area contributed by atoms with E-state index < -0.39 is 0 Å². The van der Waals surface area contributed by atoms with E-state index in [1.807, 2.05) is 6.07 Å². The van der Waals surface area contributed by atoms with Crippen molar-refractivity contribution in [2.75, 3.05) is 13.2 Å². The monoisotopic (exact) mass is 246 g/mol. The molecule has 0 radical (unpaired) electrons. The predicted octanol–water partition coefficient (Wildman–Crippen LogP) is 0.776. The quantitative estimate of drug-likeness (QED) is 0.742. The Labute approximate surface area is 104 Å². The minimum atomic E-state index is 0.170. The molecule has 6 heteroatoms. The molecule has 0 fully saturated rings. The summed E-state index contributed by atoms with van der Waals surface area (Å²) in [6.07, 6.45) is 2.30. The SMILES string of the molecule is Oc1ccc2c(c1)OCC2NCCc1ncn[nH]1. The van der Waals surface area contributed by atoms with E-state index in [9.17, 15) is 5.11 Å². The first kappa shape index (κ1) is 11.0. The van der Waals surface area contributed by atoms with Gasteiger partial charge in [0.05, 0.1) is 6.04 Å². The van der Waals surface area contributed by atoms with Crippen LogP contribution in [0.3, 0.4) is 0 Å². The van der Waals surface area contributed by atoms with Crippen molar-refractivity contribution in [1.29, 1.82) is 0 Å². The number of ether oxygens (including phenoxy) is 1. The van der Waals surface area contributed by atoms with E-state index in [1.54, 1.807) is 12.1 Å². The predicted molar refractivity (Wildman–Crippen MR) is 64.4 cm³/mol. The largest absolute Gasteiger partial charge is 0.508 e. The van der Waals surface area contributed by atoms with Crippen molar-refractivity contribution in [2.24, 2.45) is 0 Å². The van der Waals surface area contributed by atoms with E-state index in [2.05, 4.69) is 20.5 Å². The third-order valence-electron chi connectivity index (χ3n) is 3.00. The zero-order valence-corrected chi connectivity index (χ0v) is 9.76. The minimum absolute atomic E-state index is 0.170. The molecule has 0 spiro atoms. The van der Waals surface area contributed by atoms with Crippen LogP contribution in [0.2, 0.25) is 0 Å². The fraction of sp³-hybridized carbons (Fsp3) is 0.333. The van der Waals surface area contributed by atoms with Crippen LogP contribution in [0.15, 0.2) is 24.5 Å². The number of phenolic OH excluding ortho intramolecular Hbond substituents is 1. The number of nitrogens with one attached hydrogen (secondary N) is 2. The Morgan fingerprint density at radius 2 is 2.44 bits per heavy atom. The first-order valence-electron chi connectivity index (χ1n) is 5.86. The summed E-state index contributed by atoms with van der Waals surface area (Å²) in [7, 11) is 0. The number of fused-ring (bicyclic) bond motifs is 1. The highest BCUT2D eigenvalue weighted by Gasteiger charge is 2.23. The summed E-state index contributed by atoms with van der Waals surface area (Å²) < 4.78 is 5.52. The molecule has 6 nitrogen and oxygen atoms in total. The number of benzene rings is 1. The van der Waals surface area contributed by atoms with Crippen LogP contribution in [0, 0.1) is 0 Å². The van der Waals surface area contributed by atoms with Gasteiger partial charge in [-0.1, -0.05) is 0 Å². The van der Waals surface area contributed by atoms with Gasteiger partial charge in [0.1, 0.15) is 30.3 Å². The third kappa shape index (κ3) is 2.14. The van der Waals surface area contributed by atoms with E-state index in [0.29, 0.717) is 6.61 Å². The Morgan fingerprint density at radius 1 is 1.50 bits per heavy atom. The van der Waals surface area contributed by atoms with Gasteiger partial charge >= 0.3 is 0 Å².